The highest BCUT2D eigenvalue weighted by Gasteiger charge is 2.69. The van der Waals surface area contributed by atoms with E-state index in [1.807, 2.05) is 12.1 Å². The first kappa shape index (κ1) is 32.6. The fourth-order valence-electron chi connectivity index (χ4n) is 13.2. The lowest BCUT2D eigenvalue weighted by molar-refractivity contribution is -0.218. The molecule has 1 heterocycles. The molecule has 1 aromatic rings. The second-order valence-electron chi connectivity index (χ2n) is 17.7. The van der Waals surface area contributed by atoms with E-state index in [1.165, 1.54) is 68.9 Å². The Morgan fingerprint density at radius 1 is 0.870 bits per heavy atom. The molecular formula is C40H57NO4S. The number of hydrogen-bond acceptors (Lipinski definition) is 4. The Morgan fingerprint density at radius 2 is 1.59 bits per heavy atom. The summed E-state index contributed by atoms with van der Waals surface area (Å²) in [6.45, 7) is 15.2. The van der Waals surface area contributed by atoms with Crippen LogP contribution in [0.15, 0.2) is 42.5 Å². The van der Waals surface area contributed by atoms with E-state index in [1.54, 1.807) is 12.1 Å². The van der Waals surface area contributed by atoms with Crippen molar-refractivity contribution in [2.45, 2.75) is 98.8 Å². The molecule has 6 aliphatic rings. The highest BCUT2D eigenvalue weighted by molar-refractivity contribution is 7.91. The minimum atomic E-state index is -2.84. The van der Waals surface area contributed by atoms with Gasteiger partial charge in [-0.2, -0.15) is 0 Å². The van der Waals surface area contributed by atoms with Crippen LogP contribution in [-0.2, 0) is 9.84 Å². The Balaban J connectivity index is 1.13. The van der Waals surface area contributed by atoms with Gasteiger partial charge in [-0.1, -0.05) is 71.4 Å². The molecule has 6 heteroatoms. The van der Waals surface area contributed by atoms with Crippen molar-refractivity contribution in [3.05, 3.63) is 53.6 Å². The molecule has 1 N–H and O–H groups in total. The summed E-state index contributed by atoms with van der Waals surface area (Å²) in [5, 5.41) is 9.44. The largest absolute Gasteiger partial charge is 0.478 e. The molecule has 0 aromatic heterocycles. The Kier molecular flexibility index (Phi) is 7.84. The standard InChI is InChI=1S/C40H57NO4S/c1-36(2)30(28-9-11-29(12-10-28)35(42)43)15-19-37(3)33(36)16-20-39(5)34(37)14-13-31-32-8-6-17-40(32,22-21-38(31,39)4)18-7-23-41-24-26-46(44,45)27-25-41/h7,9-12,15,18,31-34H,6,8,13-14,16-17,19-27H2,1-5H3,(H,42,43)/b18-7+/t31-,32-,33+,34-,37+,38-,39-,40+/m1/s1. The number of rotatable bonds is 5. The maximum atomic E-state index is 11.9. The zero-order valence-electron chi connectivity index (χ0n) is 29.0. The van der Waals surface area contributed by atoms with E-state index in [0.29, 0.717) is 58.2 Å². The van der Waals surface area contributed by atoms with Gasteiger partial charge in [0.1, 0.15) is 0 Å². The first-order valence-corrected chi connectivity index (χ1v) is 20.1. The van der Waals surface area contributed by atoms with Gasteiger partial charge in [0.05, 0.1) is 17.1 Å². The number of aromatic carboxylic acids is 1. The molecule has 1 aliphatic heterocycles. The summed E-state index contributed by atoms with van der Waals surface area (Å²) < 4.78 is 23.8. The summed E-state index contributed by atoms with van der Waals surface area (Å²) in [6, 6.07) is 7.59. The van der Waals surface area contributed by atoms with Crippen LogP contribution in [0.4, 0.5) is 0 Å². The zero-order valence-corrected chi connectivity index (χ0v) is 29.8. The van der Waals surface area contributed by atoms with Crippen LogP contribution in [0.25, 0.3) is 5.57 Å². The summed E-state index contributed by atoms with van der Waals surface area (Å²) in [6.07, 6.45) is 20.7. The molecule has 252 valence electrons. The van der Waals surface area contributed by atoms with E-state index in [-0.39, 0.29) is 10.8 Å². The number of carboxylic acids is 1. The minimum Gasteiger partial charge on any atom is -0.478 e. The molecule has 0 unspecified atom stereocenters. The summed E-state index contributed by atoms with van der Waals surface area (Å²) in [7, 11) is -2.84. The van der Waals surface area contributed by atoms with E-state index < -0.39 is 15.8 Å². The zero-order chi connectivity index (χ0) is 32.8. The fraction of sp³-hybridized carbons (Fsp3) is 0.725. The van der Waals surface area contributed by atoms with Crippen LogP contribution in [0, 0.1) is 50.7 Å². The Hall–Kier alpha value is -1.92. The first-order chi connectivity index (χ1) is 21.7. The Morgan fingerprint density at radius 3 is 2.28 bits per heavy atom. The molecule has 1 saturated heterocycles. The third kappa shape index (κ3) is 4.84. The van der Waals surface area contributed by atoms with Gasteiger partial charge in [-0.05, 0) is 132 Å². The van der Waals surface area contributed by atoms with Crippen LogP contribution < -0.4 is 0 Å². The molecule has 0 radical (unpaired) electrons. The predicted molar refractivity (Wildman–Crippen MR) is 186 cm³/mol. The summed E-state index contributed by atoms with van der Waals surface area (Å²) in [5.41, 5.74) is 4.27. The van der Waals surface area contributed by atoms with E-state index in [4.69, 9.17) is 0 Å². The molecule has 8 atom stereocenters. The highest BCUT2D eigenvalue weighted by Crippen LogP contribution is 2.77. The second-order valence-corrected chi connectivity index (χ2v) is 20.0. The van der Waals surface area contributed by atoms with Crippen LogP contribution in [0.1, 0.15) is 115 Å². The molecule has 46 heavy (non-hydrogen) atoms. The topological polar surface area (TPSA) is 74.7 Å². The van der Waals surface area contributed by atoms with Gasteiger partial charge in [-0.15, -0.1) is 0 Å². The molecule has 7 rings (SSSR count). The van der Waals surface area contributed by atoms with Gasteiger partial charge in [0, 0.05) is 19.6 Å². The SMILES string of the molecule is CC1(C)C(c2ccc(C(=O)O)cc2)=CC[C@]2(C)[C@H]3CC[C@@H]4[C@H]5CCC[C@]5(/C=C/CN5CCS(=O)(=O)CC5)CC[C@@]4(C)[C@]3(C)CC[C@@H]12. The third-order valence-corrected chi connectivity index (χ3v) is 17.3. The Labute approximate surface area is 278 Å². The smallest absolute Gasteiger partial charge is 0.335 e. The first-order valence-electron chi connectivity index (χ1n) is 18.3. The van der Waals surface area contributed by atoms with Crippen molar-refractivity contribution in [3.8, 4) is 0 Å². The van der Waals surface area contributed by atoms with Gasteiger partial charge < -0.3 is 5.11 Å². The number of sulfone groups is 1. The van der Waals surface area contributed by atoms with Crippen molar-refractivity contribution in [2.24, 2.45) is 50.7 Å². The fourth-order valence-corrected chi connectivity index (χ4v) is 14.4. The lowest BCUT2D eigenvalue weighted by Crippen LogP contribution is -2.64. The van der Waals surface area contributed by atoms with Gasteiger partial charge in [0.15, 0.2) is 9.84 Å². The van der Waals surface area contributed by atoms with Crippen LogP contribution in [0.2, 0.25) is 0 Å². The van der Waals surface area contributed by atoms with Crippen LogP contribution in [0.5, 0.6) is 0 Å². The van der Waals surface area contributed by atoms with Crippen molar-refractivity contribution < 1.29 is 18.3 Å². The number of allylic oxidation sites excluding steroid dienone is 3. The number of fused-ring (bicyclic) bond motifs is 7. The highest BCUT2D eigenvalue weighted by atomic mass is 32.2. The van der Waals surface area contributed by atoms with Gasteiger partial charge in [0.2, 0.25) is 0 Å². The van der Waals surface area contributed by atoms with E-state index >= 15 is 0 Å². The van der Waals surface area contributed by atoms with Gasteiger partial charge in [-0.25, -0.2) is 13.2 Å². The van der Waals surface area contributed by atoms with Crippen LogP contribution in [0.3, 0.4) is 0 Å². The minimum absolute atomic E-state index is 0.0351. The molecule has 5 nitrogen and oxygen atoms in total. The number of carbonyl (C=O) groups is 1. The maximum Gasteiger partial charge on any atom is 0.335 e. The number of carboxylic acid groups (broad SMARTS) is 1. The molecule has 5 aliphatic carbocycles. The van der Waals surface area contributed by atoms with E-state index in [0.717, 1.165) is 24.8 Å². The number of nitrogens with zero attached hydrogens (tertiary/aromatic N) is 1. The second kappa shape index (κ2) is 11.1. The average Bonchev–Trinajstić information content (AvgIpc) is 3.42. The lowest BCUT2D eigenvalue weighted by atomic mass is 9.32. The van der Waals surface area contributed by atoms with Gasteiger partial charge in [-0.3, -0.25) is 4.90 Å². The van der Waals surface area contributed by atoms with Crippen LogP contribution in [-0.4, -0.2) is 55.5 Å². The van der Waals surface area contributed by atoms with Crippen molar-refractivity contribution in [2.75, 3.05) is 31.1 Å². The summed E-state index contributed by atoms with van der Waals surface area (Å²) in [4.78, 5) is 13.8. The van der Waals surface area contributed by atoms with Crippen molar-refractivity contribution >= 4 is 21.4 Å². The molecule has 0 amide bonds. The number of benzene rings is 1. The normalized spacial score (nSPS) is 43.2. The quantitative estimate of drug-likeness (QED) is 0.324. The monoisotopic (exact) mass is 647 g/mol. The van der Waals surface area contributed by atoms with E-state index in [9.17, 15) is 18.3 Å². The lowest BCUT2D eigenvalue weighted by Gasteiger charge is -2.72. The molecule has 5 fully saturated rings. The van der Waals surface area contributed by atoms with Crippen molar-refractivity contribution in [3.63, 3.8) is 0 Å². The van der Waals surface area contributed by atoms with E-state index in [2.05, 4.69) is 57.7 Å². The van der Waals surface area contributed by atoms with Crippen molar-refractivity contribution in [1.29, 1.82) is 0 Å². The molecule has 0 spiro atoms. The molecule has 1 aromatic carbocycles. The van der Waals surface area contributed by atoms with Crippen LogP contribution >= 0.6 is 0 Å². The van der Waals surface area contributed by atoms with Gasteiger partial charge >= 0.3 is 5.97 Å². The molecule has 4 saturated carbocycles. The summed E-state index contributed by atoms with van der Waals surface area (Å²) >= 11 is 0. The number of hydrogen-bond donors (Lipinski definition) is 1. The average molecular weight is 648 g/mol. The summed E-state index contributed by atoms with van der Waals surface area (Å²) in [5.74, 6) is 2.63. The van der Waals surface area contributed by atoms with Crippen molar-refractivity contribution in [1.82, 2.24) is 4.90 Å². The molecular weight excluding hydrogens is 591 g/mol. The predicted octanol–water partition coefficient (Wildman–Crippen LogP) is 8.52. The third-order valence-electron chi connectivity index (χ3n) is 15.7. The molecule has 0 bridgehead atoms. The maximum absolute atomic E-state index is 11.9. The Bertz CT molecular complexity index is 1530. The van der Waals surface area contributed by atoms with Gasteiger partial charge in [0.25, 0.3) is 0 Å².